The first-order valence-electron chi connectivity index (χ1n) is 4.69. The van der Waals surface area contributed by atoms with E-state index in [2.05, 4.69) is 21.2 Å². The quantitative estimate of drug-likeness (QED) is 0.772. The van der Waals surface area contributed by atoms with Crippen LogP contribution in [0.1, 0.15) is 4.88 Å². The molecule has 0 fully saturated rings. The fourth-order valence-electron chi connectivity index (χ4n) is 1.29. The molecule has 0 saturated heterocycles. The highest BCUT2D eigenvalue weighted by atomic mass is 79.9. The average molecular weight is 339 g/mol. The highest BCUT2D eigenvalue weighted by Crippen LogP contribution is 2.25. The van der Waals surface area contributed by atoms with Crippen molar-refractivity contribution in [3.63, 3.8) is 0 Å². The summed E-state index contributed by atoms with van der Waals surface area (Å²) in [7, 11) is 0. The summed E-state index contributed by atoms with van der Waals surface area (Å²) in [5.41, 5.74) is 0.134. The van der Waals surface area contributed by atoms with Gasteiger partial charge < -0.3 is 5.32 Å². The molecule has 90 valence electrons. The van der Waals surface area contributed by atoms with E-state index >= 15 is 0 Å². The smallest absolute Gasteiger partial charge is 0.147 e. The van der Waals surface area contributed by atoms with Gasteiger partial charge in [0.15, 0.2) is 0 Å². The van der Waals surface area contributed by atoms with E-state index in [0.29, 0.717) is 10.9 Å². The highest BCUT2D eigenvalue weighted by molar-refractivity contribution is 9.10. The Balaban J connectivity index is 2.11. The minimum atomic E-state index is -0.502. The van der Waals surface area contributed by atoms with Crippen LogP contribution < -0.4 is 5.32 Å². The van der Waals surface area contributed by atoms with E-state index < -0.39 is 11.6 Å². The number of rotatable bonds is 3. The van der Waals surface area contributed by atoms with E-state index in [-0.39, 0.29) is 10.2 Å². The molecule has 0 saturated carbocycles. The van der Waals surface area contributed by atoms with Crippen LogP contribution in [0.3, 0.4) is 0 Å². The van der Waals surface area contributed by atoms with Gasteiger partial charge in [0.05, 0.1) is 14.5 Å². The number of halogens is 4. The van der Waals surface area contributed by atoms with Crippen LogP contribution in [0.5, 0.6) is 0 Å². The minimum Gasteiger partial charge on any atom is -0.378 e. The van der Waals surface area contributed by atoms with Crippen LogP contribution >= 0.6 is 38.9 Å². The Bertz CT molecular complexity index is 544. The van der Waals surface area contributed by atoms with Gasteiger partial charge in [-0.15, -0.1) is 11.3 Å². The predicted molar refractivity (Wildman–Crippen MR) is 70.7 cm³/mol. The zero-order valence-corrected chi connectivity index (χ0v) is 11.6. The number of nitrogens with one attached hydrogen (secondary N) is 1. The molecule has 1 N–H and O–H groups in total. The lowest BCUT2D eigenvalue weighted by Gasteiger charge is -2.07. The van der Waals surface area contributed by atoms with Crippen molar-refractivity contribution in [2.45, 2.75) is 6.54 Å². The number of benzene rings is 1. The number of hydrogen-bond donors (Lipinski definition) is 1. The van der Waals surface area contributed by atoms with Crippen molar-refractivity contribution < 1.29 is 8.78 Å². The molecule has 1 aromatic heterocycles. The van der Waals surface area contributed by atoms with Gasteiger partial charge in [-0.2, -0.15) is 0 Å². The number of anilines is 1. The van der Waals surface area contributed by atoms with Gasteiger partial charge in [-0.25, -0.2) is 8.78 Å². The molecule has 0 unspecified atom stereocenters. The molecule has 0 aliphatic carbocycles. The third-order valence-corrected chi connectivity index (χ3v) is 3.93. The molecular formula is C11H7BrClF2NS. The zero-order chi connectivity index (χ0) is 12.4. The van der Waals surface area contributed by atoms with Crippen molar-refractivity contribution >= 4 is 44.6 Å². The van der Waals surface area contributed by atoms with Crippen LogP contribution in [-0.4, -0.2) is 0 Å². The summed E-state index contributed by atoms with van der Waals surface area (Å²) in [6.07, 6.45) is 0. The van der Waals surface area contributed by atoms with Gasteiger partial charge in [-0.05, 0) is 34.1 Å². The maximum Gasteiger partial charge on any atom is 0.147 e. The molecule has 0 aliphatic heterocycles. The first kappa shape index (κ1) is 12.8. The fraction of sp³-hybridized carbons (Fsp3) is 0.0909. The molecule has 2 aromatic rings. The highest BCUT2D eigenvalue weighted by Gasteiger charge is 2.08. The maximum absolute atomic E-state index is 13.5. The van der Waals surface area contributed by atoms with E-state index in [1.165, 1.54) is 11.3 Å². The standard InChI is InChI=1S/C11H7BrClF2NS/c12-7-3-9(15)10(4-8(7)14)16-5-6-1-2-11(13)17-6/h1-4,16H,5H2. The van der Waals surface area contributed by atoms with Crippen LogP contribution in [0.4, 0.5) is 14.5 Å². The fourth-order valence-corrected chi connectivity index (χ4v) is 2.63. The Morgan fingerprint density at radius 3 is 2.65 bits per heavy atom. The van der Waals surface area contributed by atoms with Gasteiger partial charge in [0.25, 0.3) is 0 Å². The second kappa shape index (κ2) is 5.33. The summed E-state index contributed by atoms with van der Waals surface area (Å²) in [6.45, 7) is 0.412. The van der Waals surface area contributed by atoms with E-state index in [1.54, 1.807) is 6.07 Å². The van der Waals surface area contributed by atoms with Crippen LogP contribution in [0.2, 0.25) is 4.34 Å². The SMILES string of the molecule is Fc1cc(NCc2ccc(Cl)s2)c(F)cc1Br. The summed E-state index contributed by atoms with van der Waals surface area (Å²) in [4.78, 5) is 0.956. The molecule has 6 heteroatoms. The molecule has 1 nitrogen and oxygen atoms in total. The van der Waals surface area contributed by atoms with Crippen molar-refractivity contribution in [2.24, 2.45) is 0 Å². The van der Waals surface area contributed by atoms with E-state index in [4.69, 9.17) is 11.6 Å². The summed E-state index contributed by atoms with van der Waals surface area (Å²) in [5, 5.41) is 2.83. The average Bonchev–Trinajstić information content (AvgIpc) is 2.68. The van der Waals surface area contributed by atoms with Crippen LogP contribution in [-0.2, 0) is 6.54 Å². The summed E-state index contributed by atoms with van der Waals surface area (Å²) >= 11 is 10.1. The van der Waals surface area contributed by atoms with Gasteiger partial charge >= 0.3 is 0 Å². The number of hydrogen-bond acceptors (Lipinski definition) is 2. The lowest BCUT2D eigenvalue weighted by molar-refractivity contribution is 0.596. The van der Waals surface area contributed by atoms with E-state index in [1.807, 2.05) is 6.07 Å². The first-order chi connectivity index (χ1) is 8.06. The molecule has 0 spiro atoms. The van der Waals surface area contributed by atoms with E-state index in [0.717, 1.165) is 17.0 Å². The second-order valence-corrected chi connectivity index (χ2v) is 5.96. The third-order valence-electron chi connectivity index (χ3n) is 2.09. The third kappa shape index (κ3) is 3.18. The Morgan fingerprint density at radius 2 is 2.00 bits per heavy atom. The molecule has 0 radical (unpaired) electrons. The molecule has 17 heavy (non-hydrogen) atoms. The van der Waals surface area contributed by atoms with E-state index in [9.17, 15) is 8.78 Å². The van der Waals surface area contributed by atoms with Crippen molar-refractivity contribution in [2.75, 3.05) is 5.32 Å². The Labute approximate surface area is 115 Å². The minimum absolute atomic E-state index is 0.111. The first-order valence-corrected chi connectivity index (χ1v) is 6.67. The number of thiophene rings is 1. The van der Waals surface area contributed by atoms with Gasteiger partial charge in [0.1, 0.15) is 11.6 Å². The van der Waals surface area contributed by atoms with Crippen molar-refractivity contribution in [1.29, 1.82) is 0 Å². The van der Waals surface area contributed by atoms with Gasteiger partial charge in [0, 0.05) is 17.5 Å². The monoisotopic (exact) mass is 337 g/mol. The lowest BCUT2D eigenvalue weighted by Crippen LogP contribution is -2.00. The molecule has 1 heterocycles. The zero-order valence-electron chi connectivity index (χ0n) is 8.44. The normalized spacial score (nSPS) is 10.6. The maximum atomic E-state index is 13.5. The van der Waals surface area contributed by atoms with Crippen molar-refractivity contribution in [3.05, 3.63) is 49.6 Å². The molecule has 1 aromatic carbocycles. The largest absolute Gasteiger partial charge is 0.378 e. The molecular weight excluding hydrogens is 332 g/mol. The Morgan fingerprint density at radius 1 is 1.24 bits per heavy atom. The predicted octanol–water partition coefficient (Wildman–Crippen LogP) is 5.05. The molecule has 2 rings (SSSR count). The molecule has 0 aliphatic rings. The van der Waals surface area contributed by atoms with Gasteiger partial charge in [0.2, 0.25) is 0 Å². The molecule has 0 bridgehead atoms. The van der Waals surface area contributed by atoms with Gasteiger partial charge in [-0.3, -0.25) is 0 Å². The van der Waals surface area contributed by atoms with Gasteiger partial charge in [-0.1, -0.05) is 11.6 Å². The van der Waals surface area contributed by atoms with Crippen molar-refractivity contribution in [1.82, 2.24) is 0 Å². The second-order valence-electron chi connectivity index (χ2n) is 3.31. The van der Waals surface area contributed by atoms with Crippen LogP contribution in [0.15, 0.2) is 28.7 Å². The molecule has 0 amide bonds. The summed E-state index contributed by atoms with van der Waals surface area (Å²) < 4.78 is 27.5. The summed E-state index contributed by atoms with van der Waals surface area (Å²) in [6, 6.07) is 5.82. The summed E-state index contributed by atoms with van der Waals surface area (Å²) in [5.74, 6) is -1.00. The Kier molecular flexibility index (Phi) is 4.01. The van der Waals surface area contributed by atoms with Crippen LogP contribution in [0.25, 0.3) is 0 Å². The Hall–Kier alpha value is -0.650. The lowest BCUT2D eigenvalue weighted by atomic mass is 10.3. The topological polar surface area (TPSA) is 12.0 Å². The molecule has 0 atom stereocenters. The van der Waals surface area contributed by atoms with Crippen molar-refractivity contribution in [3.8, 4) is 0 Å². The van der Waals surface area contributed by atoms with Crippen LogP contribution in [0, 0.1) is 11.6 Å².